The molecule has 1 heterocycles. The van der Waals surface area contributed by atoms with Gasteiger partial charge in [-0.3, -0.25) is 4.79 Å². The van der Waals surface area contributed by atoms with Gasteiger partial charge in [0, 0.05) is 18.2 Å². The minimum atomic E-state index is -0.157. The predicted octanol–water partition coefficient (Wildman–Crippen LogP) is 3.04. The Labute approximate surface area is 128 Å². The minimum Gasteiger partial charge on any atom is -0.497 e. The Kier molecular flexibility index (Phi) is 4.01. The topological polar surface area (TPSA) is 55.0 Å². The van der Waals surface area contributed by atoms with E-state index in [1.165, 1.54) is 0 Å². The molecule has 0 bridgehead atoms. The van der Waals surface area contributed by atoms with E-state index < -0.39 is 0 Å². The Morgan fingerprint density at radius 1 is 1.09 bits per heavy atom. The van der Waals surface area contributed by atoms with E-state index in [0.29, 0.717) is 12.1 Å². The fourth-order valence-electron chi connectivity index (χ4n) is 2.28. The number of hydrogen-bond donors (Lipinski definition) is 1. The molecule has 0 amide bonds. The van der Waals surface area contributed by atoms with Crippen LogP contribution in [0.15, 0.2) is 65.6 Å². The maximum atomic E-state index is 12.0. The van der Waals surface area contributed by atoms with Gasteiger partial charge in [0.25, 0.3) is 5.56 Å². The molecule has 0 saturated heterocycles. The first-order valence-electron chi connectivity index (χ1n) is 7.03. The molecule has 0 aliphatic carbocycles. The first-order chi connectivity index (χ1) is 10.8. The van der Waals surface area contributed by atoms with Crippen molar-refractivity contribution in [3.8, 4) is 17.0 Å². The Morgan fingerprint density at radius 2 is 1.91 bits per heavy atom. The largest absolute Gasteiger partial charge is 0.497 e. The van der Waals surface area contributed by atoms with Crippen molar-refractivity contribution < 1.29 is 4.74 Å². The summed E-state index contributed by atoms with van der Waals surface area (Å²) in [6, 6.07) is 17.4. The molecule has 3 aromatic rings. The van der Waals surface area contributed by atoms with Crippen molar-refractivity contribution in [1.82, 2.24) is 9.97 Å². The van der Waals surface area contributed by atoms with Crippen molar-refractivity contribution in [2.75, 3.05) is 7.11 Å². The van der Waals surface area contributed by atoms with Crippen LogP contribution in [0, 0.1) is 0 Å². The zero-order chi connectivity index (χ0) is 15.4. The molecule has 4 heteroatoms. The zero-order valence-electron chi connectivity index (χ0n) is 12.2. The van der Waals surface area contributed by atoms with Gasteiger partial charge >= 0.3 is 0 Å². The number of aromatic amines is 1. The maximum absolute atomic E-state index is 12.0. The summed E-state index contributed by atoms with van der Waals surface area (Å²) >= 11 is 0. The van der Waals surface area contributed by atoms with E-state index in [1.807, 2.05) is 54.6 Å². The zero-order valence-corrected chi connectivity index (χ0v) is 12.2. The molecule has 4 nitrogen and oxygen atoms in total. The van der Waals surface area contributed by atoms with E-state index in [9.17, 15) is 4.79 Å². The highest BCUT2D eigenvalue weighted by molar-refractivity contribution is 5.60. The van der Waals surface area contributed by atoms with E-state index in [1.54, 1.807) is 13.3 Å². The molecular weight excluding hydrogens is 276 g/mol. The number of methoxy groups -OCH3 is 1. The van der Waals surface area contributed by atoms with Gasteiger partial charge in [-0.25, -0.2) is 4.98 Å². The molecule has 0 unspecified atom stereocenters. The SMILES string of the molecule is COc1cccc(-c2c[nH]c(=O)c(Cc3ccccc3)n2)c1. The summed E-state index contributed by atoms with van der Waals surface area (Å²) in [5, 5.41) is 0. The van der Waals surface area contributed by atoms with Crippen LogP contribution in [0.4, 0.5) is 0 Å². The molecule has 0 saturated carbocycles. The van der Waals surface area contributed by atoms with E-state index in [2.05, 4.69) is 9.97 Å². The highest BCUT2D eigenvalue weighted by Gasteiger charge is 2.07. The van der Waals surface area contributed by atoms with Gasteiger partial charge in [-0.15, -0.1) is 0 Å². The highest BCUT2D eigenvalue weighted by atomic mass is 16.5. The van der Waals surface area contributed by atoms with Crippen LogP contribution in [0.2, 0.25) is 0 Å². The predicted molar refractivity (Wildman–Crippen MR) is 86.1 cm³/mol. The minimum absolute atomic E-state index is 0.157. The fraction of sp³-hybridized carbons (Fsp3) is 0.111. The van der Waals surface area contributed by atoms with Crippen molar-refractivity contribution in [1.29, 1.82) is 0 Å². The molecule has 0 spiro atoms. The molecule has 0 fully saturated rings. The van der Waals surface area contributed by atoms with Crippen molar-refractivity contribution >= 4 is 0 Å². The Bertz CT molecular complexity index is 826. The second-order valence-electron chi connectivity index (χ2n) is 4.96. The molecule has 110 valence electrons. The van der Waals surface area contributed by atoms with Gasteiger partial charge < -0.3 is 9.72 Å². The summed E-state index contributed by atoms with van der Waals surface area (Å²) < 4.78 is 5.23. The first kappa shape index (κ1) is 14.1. The number of aromatic nitrogens is 2. The molecule has 22 heavy (non-hydrogen) atoms. The number of nitrogens with one attached hydrogen (secondary N) is 1. The molecule has 1 aromatic heterocycles. The average molecular weight is 292 g/mol. The van der Waals surface area contributed by atoms with Crippen LogP contribution in [0.5, 0.6) is 5.75 Å². The lowest BCUT2D eigenvalue weighted by atomic mass is 10.1. The highest BCUT2D eigenvalue weighted by Crippen LogP contribution is 2.21. The molecule has 0 radical (unpaired) electrons. The van der Waals surface area contributed by atoms with E-state index in [-0.39, 0.29) is 5.56 Å². The first-order valence-corrected chi connectivity index (χ1v) is 7.03. The summed E-state index contributed by atoms with van der Waals surface area (Å²) in [6.45, 7) is 0. The lowest BCUT2D eigenvalue weighted by Crippen LogP contribution is -2.15. The number of rotatable bonds is 4. The monoisotopic (exact) mass is 292 g/mol. The van der Waals surface area contributed by atoms with E-state index in [4.69, 9.17) is 4.74 Å². The molecule has 0 atom stereocenters. The van der Waals surface area contributed by atoms with Gasteiger partial charge in [-0.1, -0.05) is 42.5 Å². The molecule has 0 aliphatic heterocycles. The van der Waals surface area contributed by atoms with Crippen LogP contribution in [0.1, 0.15) is 11.3 Å². The Balaban J connectivity index is 1.97. The normalized spacial score (nSPS) is 10.4. The molecule has 3 rings (SSSR count). The van der Waals surface area contributed by atoms with Gasteiger partial charge in [0.2, 0.25) is 0 Å². The van der Waals surface area contributed by atoms with Gasteiger partial charge in [0.15, 0.2) is 0 Å². The summed E-state index contributed by atoms with van der Waals surface area (Å²) in [5.74, 6) is 0.759. The maximum Gasteiger partial charge on any atom is 0.270 e. The number of benzene rings is 2. The molecule has 0 aliphatic rings. The van der Waals surface area contributed by atoms with Crippen molar-refractivity contribution in [3.05, 3.63) is 82.4 Å². The Morgan fingerprint density at radius 3 is 2.68 bits per heavy atom. The quantitative estimate of drug-likeness (QED) is 0.804. The average Bonchev–Trinajstić information content (AvgIpc) is 2.58. The third kappa shape index (κ3) is 3.06. The summed E-state index contributed by atoms with van der Waals surface area (Å²) in [5.41, 5.74) is 3.04. The molecule has 2 aromatic carbocycles. The van der Waals surface area contributed by atoms with Gasteiger partial charge in [0.1, 0.15) is 11.4 Å². The second-order valence-corrected chi connectivity index (χ2v) is 4.96. The molecular formula is C18H16N2O2. The second kappa shape index (κ2) is 6.26. The number of nitrogens with zero attached hydrogens (tertiary/aromatic N) is 1. The van der Waals surface area contributed by atoms with Crippen LogP contribution in [0.25, 0.3) is 11.3 Å². The fourth-order valence-corrected chi connectivity index (χ4v) is 2.28. The van der Waals surface area contributed by atoms with E-state index in [0.717, 1.165) is 22.6 Å². The van der Waals surface area contributed by atoms with Gasteiger partial charge in [-0.05, 0) is 17.7 Å². The summed E-state index contributed by atoms with van der Waals surface area (Å²) in [4.78, 5) is 19.3. The Hall–Kier alpha value is -2.88. The van der Waals surface area contributed by atoms with E-state index >= 15 is 0 Å². The van der Waals surface area contributed by atoms with Gasteiger partial charge in [0.05, 0.1) is 12.8 Å². The van der Waals surface area contributed by atoms with Crippen LogP contribution >= 0.6 is 0 Å². The van der Waals surface area contributed by atoms with Crippen LogP contribution < -0.4 is 10.3 Å². The van der Waals surface area contributed by atoms with Crippen LogP contribution in [0.3, 0.4) is 0 Å². The summed E-state index contributed by atoms with van der Waals surface area (Å²) in [7, 11) is 1.63. The summed E-state index contributed by atoms with van der Waals surface area (Å²) in [6.07, 6.45) is 2.14. The van der Waals surface area contributed by atoms with Crippen LogP contribution in [-0.4, -0.2) is 17.1 Å². The molecule has 1 N–H and O–H groups in total. The lowest BCUT2D eigenvalue weighted by Gasteiger charge is -2.06. The van der Waals surface area contributed by atoms with Crippen molar-refractivity contribution in [2.24, 2.45) is 0 Å². The number of H-pyrrole nitrogens is 1. The van der Waals surface area contributed by atoms with Crippen molar-refractivity contribution in [3.63, 3.8) is 0 Å². The standard InChI is InChI=1S/C18H16N2O2/c1-22-15-9-5-8-14(11-15)17-12-19-18(21)16(20-17)10-13-6-3-2-4-7-13/h2-9,11-12H,10H2,1H3,(H,19,21). The van der Waals surface area contributed by atoms with Gasteiger partial charge in [-0.2, -0.15) is 0 Å². The smallest absolute Gasteiger partial charge is 0.270 e. The third-order valence-corrected chi connectivity index (χ3v) is 3.44. The number of ether oxygens (including phenoxy) is 1. The third-order valence-electron chi connectivity index (χ3n) is 3.44. The van der Waals surface area contributed by atoms with Crippen molar-refractivity contribution in [2.45, 2.75) is 6.42 Å². The van der Waals surface area contributed by atoms with Crippen LogP contribution in [-0.2, 0) is 6.42 Å². The number of hydrogen-bond acceptors (Lipinski definition) is 3. The lowest BCUT2D eigenvalue weighted by molar-refractivity contribution is 0.415.